The smallest absolute Gasteiger partial charge is 0.353 e. The number of nitrogens with one attached hydrogen (secondary N) is 1. The lowest BCUT2D eigenvalue weighted by atomic mass is 10.5. The molecule has 0 unspecified atom stereocenters. The van der Waals surface area contributed by atoms with Gasteiger partial charge in [-0.1, -0.05) is 0 Å². The molecular formula is C4H6N2O3. The van der Waals surface area contributed by atoms with Crippen LogP contribution in [0.5, 0.6) is 0 Å². The van der Waals surface area contributed by atoms with Crippen molar-refractivity contribution < 1.29 is 15.4 Å². The Morgan fingerprint density at radius 2 is 2.44 bits per heavy atom. The van der Waals surface area contributed by atoms with Crippen LogP contribution in [0.1, 0.15) is 10.5 Å². The SMILES string of the molecule is O.O=C(O)c1cnc[nH]1. The van der Waals surface area contributed by atoms with Gasteiger partial charge in [0.25, 0.3) is 0 Å². The molecule has 0 bridgehead atoms. The first-order valence-corrected chi connectivity index (χ1v) is 2.02. The number of carboxylic acid groups (broad SMARTS) is 1. The molecular weight excluding hydrogens is 124 g/mol. The molecule has 0 fully saturated rings. The van der Waals surface area contributed by atoms with Gasteiger partial charge in [0.1, 0.15) is 5.69 Å². The van der Waals surface area contributed by atoms with Crippen molar-refractivity contribution in [3.05, 3.63) is 18.2 Å². The number of aromatic nitrogens is 2. The van der Waals surface area contributed by atoms with Crippen LogP contribution in [0.2, 0.25) is 0 Å². The van der Waals surface area contributed by atoms with Crippen molar-refractivity contribution in [2.24, 2.45) is 0 Å². The Morgan fingerprint density at radius 3 is 2.67 bits per heavy atom. The van der Waals surface area contributed by atoms with E-state index in [-0.39, 0.29) is 11.2 Å². The van der Waals surface area contributed by atoms with Gasteiger partial charge in [-0.2, -0.15) is 0 Å². The molecule has 0 spiro atoms. The van der Waals surface area contributed by atoms with Gasteiger partial charge in [0.2, 0.25) is 0 Å². The van der Waals surface area contributed by atoms with Crippen LogP contribution < -0.4 is 0 Å². The highest BCUT2D eigenvalue weighted by Crippen LogP contribution is 1.87. The number of aromatic carboxylic acids is 1. The zero-order chi connectivity index (χ0) is 5.98. The van der Waals surface area contributed by atoms with E-state index < -0.39 is 5.97 Å². The van der Waals surface area contributed by atoms with Crippen LogP contribution >= 0.6 is 0 Å². The van der Waals surface area contributed by atoms with Gasteiger partial charge in [0.05, 0.1) is 12.5 Å². The fourth-order valence-electron chi connectivity index (χ4n) is 0.373. The standard InChI is InChI=1S/C4H4N2O2.H2O/c7-4(8)3-1-5-2-6-3;/h1-2H,(H,5,6)(H,7,8);1H2. The average molecular weight is 130 g/mol. The van der Waals surface area contributed by atoms with Gasteiger partial charge in [-0.15, -0.1) is 0 Å². The number of H-pyrrole nitrogens is 1. The minimum Gasteiger partial charge on any atom is -0.477 e. The molecule has 1 aromatic heterocycles. The van der Waals surface area contributed by atoms with Gasteiger partial charge in [-0.3, -0.25) is 0 Å². The molecule has 4 N–H and O–H groups in total. The minimum atomic E-state index is -0.984. The normalized spacial score (nSPS) is 8.00. The van der Waals surface area contributed by atoms with E-state index in [0.29, 0.717) is 0 Å². The Labute approximate surface area is 50.7 Å². The van der Waals surface area contributed by atoms with Gasteiger partial charge < -0.3 is 15.6 Å². The molecule has 0 aliphatic carbocycles. The van der Waals surface area contributed by atoms with Crippen molar-refractivity contribution in [1.29, 1.82) is 0 Å². The Morgan fingerprint density at radius 1 is 1.78 bits per heavy atom. The van der Waals surface area contributed by atoms with E-state index >= 15 is 0 Å². The third-order valence-electron chi connectivity index (χ3n) is 0.729. The van der Waals surface area contributed by atoms with Gasteiger partial charge in [-0.25, -0.2) is 9.78 Å². The predicted octanol–water partition coefficient (Wildman–Crippen LogP) is -0.717. The maximum atomic E-state index is 9.99. The van der Waals surface area contributed by atoms with Crippen LogP contribution in [-0.4, -0.2) is 26.5 Å². The summed E-state index contributed by atoms with van der Waals surface area (Å²) in [5.74, 6) is -0.984. The van der Waals surface area contributed by atoms with E-state index in [1.165, 1.54) is 12.5 Å². The first kappa shape index (κ1) is 7.64. The Bertz CT molecular complexity index is 182. The van der Waals surface area contributed by atoms with Gasteiger partial charge in [0, 0.05) is 0 Å². The summed E-state index contributed by atoms with van der Waals surface area (Å²) in [5, 5.41) is 8.20. The molecule has 1 rings (SSSR count). The second-order valence-corrected chi connectivity index (χ2v) is 1.27. The van der Waals surface area contributed by atoms with Crippen LogP contribution in [0.25, 0.3) is 0 Å². The molecule has 0 aromatic carbocycles. The molecule has 0 atom stereocenters. The summed E-state index contributed by atoms with van der Waals surface area (Å²) >= 11 is 0. The monoisotopic (exact) mass is 130 g/mol. The molecule has 5 nitrogen and oxygen atoms in total. The van der Waals surface area contributed by atoms with Crippen LogP contribution in [0.15, 0.2) is 12.5 Å². The highest BCUT2D eigenvalue weighted by Gasteiger charge is 1.99. The van der Waals surface area contributed by atoms with Crippen molar-refractivity contribution >= 4 is 5.97 Å². The zero-order valence-electron chi connectivity index (χ0n) is 4.46. The molecule has 0 saturated carbocycles. The third-order valence-corrected chi connectivity index (χ3v) is 0.729. The Balaban J connectivity index is 0.000000640. The van der Waals surface area contributed by atoms with Crippen molar-refractivity contribution in [3.8, 4) is 0 Å². The van der Waals surface area contributed by atoms with Gasteiger partial charge in [0.15, 0.2) is 0 Å². The highest BCUT2D eigenvalue weighted by atomic mass is 16.4. The Kier molecular flexibility index (Phi) is 2.40. The number of rotatable bonds is 1. The molecule has 0 radical (unpaired) electrons. The molecule has 0 aliphatic heterocycles. The largest absolute Gasteiger partial charge is 0.477 e. The van der Waals surface area contributed by atoms with Crippen LogP contribution in [0, 0.1) is 0 Å². The summed E-state index contributed by atoms with van der Waals surface area (Å²) in [6, 6.07) is 0. The van der Waals surface area contributed by atoms with Crippen molar-refractivity contribution in [3.63, 3.8) is 0 Å². The Hall–Kier alpha value is -1.36. The predicted molar refractivity (Wildman–Crippen MR) is 29.2 cm³/mol. The van der Waals surface area contributed by atoms with Crippen molar-refractivity contribution in [1.82, 2.24) is 9.97 Å². The molecule has 0 saturated heterocycles. The number of hydrogen-bond acceptors (Lipinski definition) is 2. The van der Waals surface area contributed by atoms with Crippen LogP contribution in [0.4, 0.5) is 0 Å². The molecule has 0 aliphatic rings. The maximum Gasteiger partial charge on any atom is 0.353 e. The lowest BCUT2D eigenvalue weighted by Gasteiger charge is -1.79. The molecule has 1 heterocycles. The summed E-state index contributed by atoms with van der Waals surface area (Å²) in [7, 11) is 0. The summed E-state index contributed by atoms with van der Waals surface area (Å²) < 4.78 is 0. The van der Waals surface area contributed by atoms with Gasteiger partial charge in [-0.05, 0) is 0 Å². The lowest BCUT2D eigenvalue weighted by Crippen LogP contribution is -1.94. The molecule has 9 heavy (non-hydrogen) atoms. The summed E-state index contributed by atoms with van der Waals surface area (Å²) in [6.45, 7) is 0. The quantitative estimate of drug-likeness (QED) is 0.525. The lowest BCUT2D eigenvalue weighted by molar-refractivity contribution is 0.0691. The summed E-state index contributed by atoms with van der Waals surface area (Å²) in [4.78, 5) is 15.9. The number of aromatic amines is 1. The molecule has 50 valence electrons. The van der Waals surface area contributed by atoms with Crippen molar-refractivity contribution in [2.45, 2.75) is 0 Å². The number of imidazole rings is 1. The number of hydrogen-bond donors (Lipinski definition) is 2. The first-order valence-electron chi connectivity index (χ1n) is 2.02. The summed E-state index contributed by atoms with van der Waals surface area (Å²) in [5.41, 5.74) is 0.116. The third kappa shape index (κ3) is 1.54. The first-order chi connectivity index (χ1) is 3.80. The average Bonchev–Trinajstić information content (AvgIpc) is 2.12. The van der Waals surface area contributed by atoms with E-state index in [0.717, 1.165) is 0 Å². The van der Waals surface area contributed by atoms with Crippen LogP contribution in [0.3, 0.4) is 0 Å². The van der Waals surface area contributed by atoms with E-state index in [2.05, 4.69) is 9.97 Å². The number of carbonyl (C=O) groups is 1. The number of nitrogens with zero attached hydrogens (tertiary/aromatic N) is 1. The van der Waals surface area contributed by atoms with E-state index in [4.69, 9.17) is 5.11 Å². The molecule has 5 heteroatoms. The zero-order valence-corrected chi connectivity index (χ0v) is 4.46. The molecule has 1 aromatic rings. The minimum absolute atomic E-state index is 0. The van der Waals surface area contributed by atoms with E-state index in [9.17, 15) is 4.79 Å². The second kappa shape index (κ2) is 2.83. The fraction of sp³-hybridized carbons (Fsp3) is 0. The fourth-order valence-corrected chi connectivity index (χ4v) is 0.373. The van der Waals surface area contributed by atoms with E-state index in [1.807, 2.05) is 0 Å². The van der Waals surface area contributed by atoms with Crippen LogP contribution in [-0.2, 0) is 0 Å². The topological polar surface area (TPSA) is 97.5 Å². The highest BCUT2D eigenvalue weighted by molar-refractivity contribution is 5.84. The van der Waals surface area contributed by atoms with Crippen molar-refractivity contribution in [2.75, 3.05) is 0 Å². The van der Waals surface area contributed by atoms with Gasteiger partial charge >= 0.3 is 5.97 Å². The second-order valence-electron chi connectivity index (χ2n) is 1.27. The molecule has 0 amide bonds. The maximum absolute atomic E-state index is 9.99. The number of carboxylic acids is 1. The van der Waals surface area contributed by atoms with E-state index in [1.54, 1.807) is 0 Å². The summed E-state index contributed by atoms with van der Waals surface area (Å²) in [6.07, 6.45) is 2.58.